The van der Waals surface area contributed by atoms with Gasteiger partial charge in [-0.1, -0.05) is 12.1 Å². The van der Waals surface area contributed by atoms with Gasteiger partial charge in [-0.3, -0.25) is 34.2 Å². The number of benzene rings is 1. The number of nitrogens with zero attached hydrogens (tertiary/aromatic N) is 8. The number of hydrogen-bond donors (Lipinski definition) is 5. The first-order valence-corrected chi connectivity index (χ1v) is 18.6. The normalized spacial score (nSPS) is 17.7. The average Bonchev–Trinajstić information content (AvgIpc) is 3.87. The second-order valence-corrected chi connectivity index (χ2v) is 14.1. The lowest BCUT2D eigenvalue weighted by molar-refractivity contribution is -0.136. The van der Waals surface area contributed by atoms with E-state index in [1.165, 1.54) is 6.07 Å². The summed E-state index contributed by atoms with van der Waals surface area (Å²) in [4.78, 5) is 78.0. The number of hydrogen-bond acceptors (Lipinski definition) is 14. The number of piperidine rings is 1. The quantitative estimate of drug-likeness (QED) is 0.0904. The molecule has 0 spiro atoms. The highest BCUT2D eigenvalue weighted by Crippen LogP contribution is 2.39. The van der Waals surface area contributed by atoms with Crippen LogP contribution in [0.1, 0.15) is 77.4 Å². The van der Waals surface area contributed by atoms with Crippen LogP contribution >= 0.6 is 0 Å². The lowest BCUT2D eigenvalue weighted by atomic mass is 10.0. The van der Waals surface area contributed by atoms with Crippen molar-refractivity contribution in [3.8, 4) is 11.5 Å². The van der Waals surface area contributed by atoms with Crippen LogP contribution in [-0.4, -0.2) is 103 Å². The first-order chi connectivity index (χ1) is 27.0. The van der Waals surface area contributed by atoms with Crippen LogP contribution in [0.4, 0.5) is 17.3 Å². The number of aliphatic hydroxyl groups excluding tert-OH is 1. The first kappa shape index (κ1) is 38.0. The number of anilines is 3. The molecule has 6 heterocycles. The van der Waals surface area contributed by atoms with Gasteiger partial charge in [0.15, 0.2) is 12.1 Å². The largest absolute Gasteiger partial charge is 0.383 e. The number of fused-ring (bicyclic) bond motifs is 2. The van der Waals surface area contributed by atoms with Gasteiger partial charge in [-0.15, -0.1) is 10.2 Å². The van der Waals surface area contributed by atoms with E-state index >= 15 is 0 Å². The van der Waals surface area contributed by atoms with E-state index in [0.717, 1.165) is 10.5 Å². The van der Waals surface area contributed by atoms with E-state index in [0.29, 0.717) is 53.2 Å². The number of aliphatic hydroxyl groups is 1. The monoisotopic (exact) mass is 764 g/mol. The van der Waals surface area contributed by atoms with Crippen molar-refractivity contribution in [2.45, 2.75) is 71.6 Å². The zero-order valence-corrected chi connectivity index (χ0v) is 31.6. The van der Waals surface area contributed by atoms with Crippen molar-refractivity contribution in [2.24, 2.45) is 0 Å². The smallest absolute Gasteiger partial charge is 0.264 e. The van der Waals surface area contributed by atoms with Crippen LogP contribution in [0.2, 0.25) is 0 Å². The van der Waals surface area contributed by atoms with E-state index in [1.54, 1.807) is 18.5 Å². The number of imide groups is 2. The van der Waals surface area contributed by atoms with Gasteiger partial charge in [-0.05, 0) is 57.5 Å². The van der Waals surface area contributed by atoms with Crippen LogP contribution in [-0.2, 0) is 34.0 Å². The third kappa shape index (κ3) is 7.27. The molecule has 2 unspecified atom stereocenters. The van der Waals surface area contributed by atoms with Crippen molar-refractivity contribution >= 4 is 46.9 Å². The van der Waals surface area contributed by atoms with Gasteiger partial charge in [-0.2, -0.15) is 0 Å². The van der Waals surface area contributed by atoms with Gasteiger partial charge in [0.2, 0.25) is 17.7 Å². The lowest BCUT2D eigenvalue weighted by Crippen LogP contribution is -2.54. The number of aromatic nitrogens is 5. The minimum absolute atomic E-state index is 0.0106. The molecule has 7 rings (SSSR count). The van der Waals surface area contributed by atoms with Crippen LogP contribution in [0, 0.1) is 0 Å². The van der Waals surface area contributed by atoms with Crippen molar-refractivity contribution in [1.82, 2.24) is 45.6 Å². The van der Waals surface area contributed by atoms with E-state index in [4.69, 9.17) is 9.97 Å². The van der Waals surface area contributed by atoms with Crippen LogP contribution in [0.25, 0.3) is 11.5 Å². The Morgan fingerprint density at radius 1 is 1.07 bits per heavy atom. The topological polar surface area (TPSA) is 220 Å². The van der Waals surface area contributed by atoms with Gasteiger partial charge >= 0.3 is 0 Å². The highest BCUT2D eigenvalue weighted by molar-refractivity contribution is 6.25. The number of carbonyl (C=O) groups excluding carboxylic acids is 5. The molecule has 56 heavy (non-hydrogen) atoms. The van der Waals surface area contributed by atoms with Gasteiger partial charge in [-0.25, -0.2) is 9.97 Å². The molecule has 18 heteroatoms. The van der Waals surface area contributed by atoms with E-state index in [1.807, 2.05) is 52.6 Å². The van der Waals surface area contributed by atoms with Gasteiger partial charge in [0.05, 0.1) is 23.4 Å². The highest BCUT2D eigenvalue weighted by Gasteiger charge is 2.45. The Morgan fingerprint density at radius 3 is 2.64 bits per heavy atom. The Bertz CT molecular complexity index is 2200. The van der Waals surface area contributed by atoms with Crippen LogP contribution in [0.5, 0.6) is 0 Å². The molecule has 5 amide bonds. The number of rotatable bonds is 14. The third-order valence-electron chi connectivity index (χ3n) is 10.3. The predicted molar refractivity (Wildman–Crippen MR) is 204 cm³/mol. The molecule has 3 aromatic heterocycles. The molecule has 0 aliphatic carbocycles. The number of carbonyl (C=O) groups is 5. The van der Waals surface area contributed by atoms with Crippen molar-refractivity contribution in [3.63, 3.8) is 0 Å². The fourth-order valence-corrected chi connectivity index (χ4v) is 7.08. The van der Waals surface area contributed by atoms with Crippen molar-refractivity contribution in [2.75, 3.05) is 41.8 Å². The second-order valence-electron chi connectivity index (χ2n) is 14.1. The third-order valence-corrected chi connectivity index (χ3v) is 10.3. The summed E-state index contributed by atoms with van der Waals surface area (Å²) < 4.78 is 1.90. The standard InChI is InChI=1S/C38H44N12O6/c1-5-48-20-42-46-34(48)26-10-7-11-29(43-26)49-19-24-23(36(49)54)16-30(47(4)21(2)3)44-27(24)17-39-18-32(52)41-15-14-40-25-9-6-8-22-33(25)38(56)50(37(22)55)28-12-13-31(51)45-35(28)53/h6-11,16,20-21,28,36,39-40,54H,5,12-15,17-19H2,1-4H3,(H,41,52)(H,45,51,53). The Kier molecular flexibility index (Phi) is 10.8. The fourth-order valence-electron chi connectivity index (χ4n) is 7.08. The fraction of sp³-hybridized carbons (Fsp3) is 0.395. The molecular formula is C38H44N12O6. The maximum absolute atomic E-state index is 13.4. The molecule has 18 nitrogen and oxygen atoms in total. The second kappa shape index (κ2) is 15.8. The zero-order chi connectivity index (χ0) is 39.7. The molecule has 0 bridgehead atoms. The van der Waals surface area contributed by atoms with Gasteiger partial charge in [0.1, 0.15) is 29.7 Å². The minimum atomic E-state index is -1.06. The molecule has 4 aromatic rings. The summed E-state index contributed by atoms with van der Waals surface area (Å²) in [5, 5.41) is 31.2. The Labute approximate surface area is 322 Å². The summed E-state index contributed by atoms with van der Waals surface area (Å²) in [7, 11) is 1.94. The Hall–Kier alpha value is -6.27. The van der Waals surface area contributed by atoms with Crippen LogP contribution in [0.15, 0.2) is 48.8 Å². The van der Waals surface area contributed by atoms with Crippen molar-refractivity contribution in [1.29, 1.82) is 0 Å². The van der Waals surface area contributed by atoms with Gasteiger partial charge in [0.25, 0.3) is 11.8 Å². The molecular weight excluding hydrogens is 720 g/mol. The SMILES string of the molecule is CCn1cnnc1-c1cccc(N2Cc3c(cc(N(C)C(C)C)nc3CNCC(=O)NCCNc3cccc4c3C(=O)N(C3CCC(=O)NC3=O)C4=O)C2O)n1. The van der Waals surface area contributed by atoms with E-state index in [2.05, 4.69) is 45.3 Å². The Balaban J connectivity index is 0.970. The van der Waals surface area contributed by atoms with E-state index in [-0.39, 0.29) is 62.1 Å². The molecule has 1 aromatic carbocycles. The highest BCUT2D eigenvalue weighted by atomic mass is 16.3. The molecule has 2 atom stereocenters. The van der Waals surface area contributed by atoms with Crippen LogP contribution < -0.4 is 31.1 Å². The molecule has 1 fully saturated rings. The van der Waals surface area contributed by atoms with Crippen molar-refractivity contribution < 1.29 is 29.1 Å². The van der Waals surface area contributed by atoms with Crippen LogP contribution in [0.3, 0.4) is 0 Å². The van der Waals surface area contributed by atoms with E-state index in [9.17, 15) is 29.1 Å². The Morgan fingerprint density at radius 2 is 1.88 bits per heavy atom. The summed E-state index contributed by atoms with van der Waals surface area (Å²) >= 11 is 0. The summed E-state index contributed by atoms with van der Waals surface area (Å²) in [6.07, 6.45) is 0.775. The van der Waals surface area contributed by atoms with Gasteiger partial charge < -0.3 is 35.4 Å². The summed E-state index contributed by atoms with van der Waals surface area (Å²) in [5.41, 5.74) is 3.61. The maximum atomic E-state index is 13.4. The summed E-state index contributed by atoms with van der Waals surface area (Å²) in [5.74, 6) is -0.688. The molecule has 3 aliphatic heterocycles. The van der Waals surface area contributed by atoms with Crippen molar-refractivity contribution in [3.05, 3.63) is 76.7 Å². The number of amides is 5. The summed E-state index contributed by atoms with van der Waals surface area (Å²) in [6, 6.07) is 11.4. The molecule has 0 radical (unpaired) electrons. The number of pyridine rings is 2. The molecule has 0 saturated carbocycles. The zero-order valence-electron chi connectivity index (χ0n) is 31.6. The maximum Gasteiger partial charge on any atom is 0.264 e. The molecule has 3 aliphatic rings. The minimum Gasteiger partial charge on any atom is -0.383 e. The average molecular weight is 765 g/mol. The first-order valence-electron chi connectivity index (χ1n) is 18.6. The summed E-state index contributed by atoms with van der Waals surface area (Å²) in [6.45, 7) is 7.86. The molecule has 5 N–H and O–H groups in total. The number of aryl methyl sites for hydroxylation is 1. The number of nitrogens with one attached hydrogen (secondary N) is 4. The molecule has 1 saturated heterocycles. The molecule has 292 valence electrons. The predicted octanol–water partition coefficient (Wildman–Crippen LogP) is 1.33. The van der Waals surface area contributed by atoms with E-state index < -0.39 is 35.9 Å². The lowest BCUT2D eigenvalue weighted by Gasteiger charge is -2.27. The van der Waals surface area contributed by atoms with Gasteiger partial charge in [0, 0.05) is 69.0 Å².